The van der Waals surface area contributed by atoms with Crippen LogP contribution in [-0.4, -0.2) is 18.5 Å². The average Bonchev–Trinajstić information content (AvgIpc) is 2.84. The molecule has 2 heterocycles. The number of amides is 1. The van der Waals surface area contributed by atoms with Crippen molar-refractivity contribution in [2.45, 2.75) is 32.9 Å². The van der Waals surface area contributed by atoms with Gasteiger partial charge in [0.15, 0.2) is 0 Å². The highest BCUT2D eigenvalue weighted by molar-refractivity contribution is 7.08. The van der Waals surface area contributed by atoms with Crippen LogP contribution in [0.25, 0.3) is 0 Å². The molecule has 1 fully saturated rings. The van der Waals surface area contributed by atoms with E-state index in [-0.39, 0.29) is 11.9 Å². The van der Waals surface area contributed by atoms with E-state index in [0.717, 1.165) is 13.0 Å². The number of aryl methyl sites for hydroxylation is 1. The lowest BCUT2D eigenvalue weighted by Crippen LogP contribution is -2.42. The molecule has 1 aliphatic heterocycles. The standard InChI is InChI=1S/C12H18N2OS/c1-8-3-4-13-11(8)12(15)14-5-10-7-16-6-9(10)2/h6-8,11,13H,3-5H2,1-2H3,(H,14,15). The van der Waals surface area contributed by atoms with Gasteiger partial charge in [0.2, 0.25) is 5.91 Å². The number of hydrogen-bond acceptors (Lipinski definition) is 3. The molecule has 16 heavy (non-hydrogen) atoms. The van der Waals surface area contributed by atoms with Gasteiger partial charge in [0, 0.05) is 6.54 Å². The Hall–Kier alpha value is -0.870. The fourth-order valence-electron chi connectivity index (χ4n) is 2.05. The predicted octanol–water partition coefficient (Wildman–Crippen LogP) is 1.67. The van der Waals surface area contributed by atoms with Crippen molar-refractivity contribution in [3.05, 3.63) is 21.9 Å². The highest BCUT2D eigenvalue weighted by Gasteiger charge is 2.28. The van der Waals surface area contributed by atoms with Crippen LogP contribution in [-0.2, 0) is 11.3 Å². The molecule has 0 aromatic carbocycles. The predicted molar refractivity (Wildman–Crippen MR) is 66.5 cm³/mol. The van der Waals surface area contributed by atoms with Gasteiger partial charge in [-0.1, -0.05) is 6.92 Å². The Labute approximate surface area is 100 Å². The maximum absolute atomic E-state index is 11.9. The summed E-state index contributed by atoms with van der Waals surface area (Å²) in [5, 5.41) is 10.5. The summed E-state index contributed by atoms with van der Waals surface area (Å²) in [5.74, 6) is 0.583. The SMILES string of the molecule is Cc1cscc1CNC(=O)C1NCCC1C. The van der Waals surface area contributed by atoms with E-state index >= 15 is 0 Å². The minimum Gasteiger partial charge on any atom is -0.351 e. The summed E-state index contributed by atoms with van der Waals surface area (Å²) >= 11 is 1.68. The molecule has 1 amide bonds. The Bertz CT molecular complexity index is 375. The summed E-state index contributed by atoms with van der Waals surface area (Å²) in [6, 6.07) is -0.000980. The van der Waals surface area contributed by atoms with Crippen LogP contribution in [0.4, 0.5) is 0 Å². The molecule has 0 spiro atoms. The van der Waals surface area contributed by atoms with Gasteiger partial charge in [-0.2, -0.15) is 11.3 Å². The number of hydrogen-bond donors (Lipinski definition) is 2. The number of thiophene rings is 1. The first-order valence-corrected chi connectivity index (χ1v) is 6.65. The van der Waals surface area contributed by atoms with Crippen LogP contribution in [0.5, 0.6) is 0 Å². The molecule has 0 bridgehead atoms. The Morgan fingerprint density at radius 3 is 3.00 bits per heavy atom. The van der Waals surface area contributed by atoms with E-state index in [1.807, 2.05) is 0 Å². The summed E-state index contributed by atoms with van der Waals surface area (Å²) in [5.41, 5.74) is 2.49. The molecule has 2 unspecified atom stereocenters. The highest BCUT2D eigenvalue weighted by Crippen LogP contribution is 2.16. The molecular weight excluding hydrogens is 220 g/mol. The Balaban J connectivity index is 1.86. The first kappa shape index (κ1) is 11.6. The Morgan fingerprint density at radius 2 is 2.44 bits per heavy atom. The van der Waals surface area contributed by atoms with Crippen LogP contribution < -0.4 is 10.6 Å². The summed E-state index contributed by atoms with van der Waals surface area (Å²) in [6.07, 6.45) is 1.09. The van der Waals surface area contributed by atoms with Crippen LogP contribution in [0.2, 0.25) is 0 Å². The lowest BCUT2D eigenvalue weighted by atomic mass is 10.0. The lowest BCUT2D eigenvalue weighted by molar-refractivity contribution is -0.123. The zero-order valence-electron chi connectivity index (χ0n) is 9.75. The number of nitrogens with one attached hydrogen (secondary N) is 2. The normalized spacial score (nSPS) is 24.6. The fraction of sp³-hybridized carbons (Fsp3) is 0.583. The quantitative estimate of drug-likeness (QED) is 0.841. The van der Waals surface area contributed by atoms with Gasteiger partial charge in [-0.05, 0) is 47.7 Å². The second-order valence-electron chi connectivity index (χ2n) is 4.50. The van der Waals surface area contributed by atoms with Gasteiger partial charge in [-0.15, -0.1) is 0 Å². The zero-order chi connectivity index (χ0) is 11.5. The van der Waals surface area contributed by atoms with Crippen LogP contribution in [0.3, 0.4) is 0 Å². The molecular formula is C12H18N2OS. The summed E-state index contributed by atoms with van der Waals surface area (Å²) in [4.78, 5) is 11.9. The molecule has 1 aromatic heterocycles. The van der Waals surface area contributed by atoms with Gasteiger partial charge in [0.05, 0.1) is 6.04 Å². The molecule has 1 aliphatic rings. The maximum Gasteiger partial charge on any atom is 0.237 e. The van der Waals surface area contributed by atoms with E-state index in [9.17, 15) is 4.79 Å². The largest absolute Gasteiger partial charge is 0.351 e. The van der Waals surface area contributed by atoms with Gasteiger partial charge in [0.1, 0.15) is 0 Å². The average molecular weight is 238 g/mol. The molecule has 0 saturated carbocycles. The Kier molecular flexibility index (Phi) is 3.61. The third kappa shape index (κ3) is 2.44. The molecule has 0 radical (unpaired) electrons. The lowest BCUT2D eigenvalue weighted by Gasteiger charge is -2.15. The molecule has 1 saturated heterocycles. The van der Waals surface area contributed by atoms with Crippen molar-refractivity contribution in [3.63, 3.8) is 0 Å². The third-order valence-corrected chi connectivity index (χ3v) is 4.14. The van der Waals surface area contributed by atoms with Gasteiger partial charge < -0.3 is 10.6 Å². The minimum absolute atomic E-state index is 0.000980. The van der Waals surface area contributed by atoms with E-state index in [2.05, 4.69) is 35.2 Å². The zero-order valence-corrected chi connectivity index (χ0v) is 10.6. The fourth-order valence-corrected chi connectivity index (χ4v) is 2.90. The monoisotopic (exact) mass is 238 g/mol. The second kappa shape index (κ2) is 4.97. The van der Waals surface area contributed by atoms with Crippen molar-refractivity contribution in [1.29, 1.82) is 0 Å². The minimum atomic E-state index is -0.000980. The molecule has 2 rings (SSSR count). The van der Waals surface area contributed by atoms with Gasteiger partial charge in [-0.25, -0.2) is 0 Å². The maximum atomic E-state index is 11.9. The van der Waals surface area contributed by atoms with Crippen molar-refractivity contribution < 1.29 is 4.79 Å². The molecule has 88 valence electrons. The van der Waals surface area contributed by atoms with E-state index < -0.39 is 0 Å². The molecule has 1 aromatic rings. The number of carbonyl (C=O) groups is 1. The van der Waals surface area contributed by atoms with E-state index in [1.54, 1.807) is 11.3 Å². The molecule has 4 heteroatoms. The summed E-state index contributed by atoms with van der Waals surface area (Å²) < 4.78 is 0. The summed E-state index contributed by atoms with van der Waals surface area (Å²) in [6.45, 7) is 5.81. The van der Waals surface area contributed by atoms with Gasteiger partial charge in [0.25, 0.3) is 0 Å². The van der Waals surface area contributed by atoms with Crippen LogP contribution in [0.1, 0.15) is 24.5 Å². The van der Waals surface area contributed by atoms with Crippen molar-refractivity contribution >= 4 is 17.2 Å². The number of carbonyl (C=O) groups excluding carboxylic acids is 1. The van der Waals surface area contributed by atoms with Crippen molar-refractivity contribution in [1.82, 2.24) is 10.6 Å². The Morgan fingerprint density at radius 1 is 1.62 bits per heavy atom. The van der Waals surface area contributed by atoms with E-state index in [4.69, 9.17) is 0 Å². The number of rotatable bonds is 3. The molecule has 2 N–H and O–H groups in total. The molecule has 3 nitrogen and oxygen atoms in total. The first-order chi connectivity index (χ1) is 7.68. The van der Waals surface area contributed by atoms with Crippen molar-refractivity contribution in [2.75, 3.05) is 6.54 Å². The van der Waals surface area contributed by atoms with Crippen LogP contribution >= 0.6 is 11.3 Å². The summed E-state index contributed by atoms with van der Waals surface area (Å²) in [7, 11) is 0. The first-order valence-electron chi connectivity index (χ1n) is 5.71. The van der Waals surface area contributed by atoms with Gasteiger partial charge >= 0.3 is 0 Å². The van der Waals surface area contributed by atoms with Gasteiger partial charge in [-0.3, -0.25) is 4.79 Å². The van der Waals surface area contributed by atoms with E-state index in [1.165, 1.54) is 11.1 Å². The van der Waals surface area contributed by atoms with Crippen molar-refractivity contribution in [3.8, 4) is 0 Å². The smallest absolute Gasteiger partial charge is 0.237 e. The van der Waals surface area contributed by atoms with E-state index in [0.29, 0.717) is 12.5 Å². The topological polar surface area (TPSA) is 41.1 Å². The highest BCUT2D eigenvalue weighted by atomic mass is 32.1. The van der Waals surface area contributed by atoms with Crippen molar-refractivity contribution in [2.24, 2.45) is 5.92 Å². The molecule has 0 aliphatic carbocycles. The third-order valence-electron chi connectivity index (χ3n) is 3.23. The van der Waals surface area contributed by atoms with Crippen LogP contribution in [0, 0.1) is 12.8 Å². The molecule has 2 atom stereocenters. The van der Waals surface area contributed by atoms with Crippen LogP contribution in [0.15, 0.2) is 10.8 Å². The second-order valence-corrected chi connectivity index (χ2v) is 5.24.